The van der Waals surface area contributed by atoms with Gasteiger partial charge >= 0.3 is 0 Å². The maximum absolute atomic E-state index is 4.44. The lowest BCUT2D eigenvalue weighted by Crippen LogP contribution is -2.38. The van der Waals surface area contributed by atoms with E-state index < -0.39 is 0 Å². The fraction of sp³-hybridized carbons (Fsp3) is 0.818. The van der Waals surface area contributed by atoms with Crippen LogP contribution in [0.3, 0.4) is 0 Å². The number of hydrogen-bond acceptors (Lipinski definition) is 5. The largest absolute Gasteiger partial charge is 0.357 e. The molecule has 1 aliphatic rings. The summed E-state index contributed by atoms with van der Waals surface area (Å²) in [4.78, 5) is 6.94. The van der Waals surface area contributed by atoms with E-state index in [1.54, 1.807) is 0 Å². The molecule has 0 aromatic carbocycles. The molecule has 16 heavy (non-hydrogen) atoms. The quantitative estimate of drug-likeness (QED) is 0.874. The minimum atomic E-state index is 0.584. The second-order valence-corrected chi connectivity index (χ2v) is 4.97. The molecule has 5 heteroatoms. The lowest BCUT2D eigenvalue weighted by molar-refractivity contribution is 0.229. The summed E-state index contributed by atoms with van der Waals surface area (Å²) in [5.41, 5.74) is 0. The van der Waals surface area contributed by atoms with E-state index in [0.29, 0.717) is 6.04 Å². The number of piperidine rings is 1. The zero-order valence-electron chi connectivity index (χ0n) is 10.1. The second kappa shape index (κ2) is 5.59. The molecule has 0 aliphatic carbocycles. The van der Waals surface area contributed by atoms with Gasteiger partial charge in [-0.25, -0.2) is 4.98 Å². The first-order valence-corrected chi connectivity index (χ1v) is 6.90. The van der Waals surface area contributed by atoms with Crippen LogP contribution in [-0.2, 0) is 6.42 Å². The highest BCUT2D eigenvalue weighted by molar-refractivity contribution is 7.09. The first kappa shape index (κ1) is 11.8. The third-order valence-corrected chi connectivity index (χ3v) is 3.83. The van der Waals surface area contributed by atoms with Crippen LogP contribution in [0.25, 0.3) is 0 Å². The fourth-order valence-corrected chi connectivity index (χ4v) is 2.75. The van der Waals surface area contributed by atoms with Crippen molar-refractivity contribution < 1.29 is 0 Å². The molecule has 90 valence electrons. The van der Waals surface area contributed by atoms with E-state index in [1.807, 2.05) is 0 Å². The van der Waals surface area contributed by atoms with Gasteiger partial charge in [0.15, 0.2) is 0 Å². The van der Waals surface area contributed by atoms with Crippen molar-refractivity contribution >= 4 is 16.7 Å². The molecule has 0 bridgehead atoms. The van der Waals surface area contributed by atoms with Gasteiger partial charge in [-0.05, 0) is 19.4 Å². The van der Waals surface area contributed by atoms with Gasteiger partial charge in [-0.15, -0.1) is 0 Å². The molecule has 0 spiro atoms. The molecule has 1 aromatic heterocycles. The Hall–Kier alpha value is -0.680. The Balaban J connectivity index is 1.82. The number of nitrogens with zero attached hydrogens (tertiary/aromatic N) is 3. The van der Waals surface area contributed by atoms with Gasteiger partial charge in [0.05, 0.1) is 0 Å². The van der Waals surface area contributed by atoms with Crippen LogP contribution in [0.2, 0.25) is 0 Å². The highest BCUT2D eigenvalue weighted by atomic mass is 32.1. The Labute approximate surface area is 101 Å². The van der Waals surface area contributed by atoms with Gasteiger partial charge in [0.25, 0.3) is 0 Å². The zero-order chi connectivity index (χ0) is 11.4. The molecule has 0 saturated carbocycles. The average molecular weight is 240 g/mol. The normalized spacial score (nSPS) is 18.9. The molecule has 0 amide bonds. The van der Waals surface area contributed by atoms with Crippen molar-refractivity contribution in [2.75, 3.05) is 25.0 Å². The van der Waals surface area contributed by atoms with Gasteiger partial charge in [0, 0.05) is 37.1 Å². The van der Waals surface area contributed by atoms with Crippen LogP contribution in [-0.4, -0.2) is 39.9 Å². The molecule has 1 N–H and O–H groups in total. The van der Waals surface area contributed by atoms with Gasteiger partial charge in [0.1, 0.15) is 5.82 Å². The maximum Gasteiger partial charge on any atom is 0.202 e. The summed E-state index contributed by atoms with van der Waals surface area (Å²) in [6.07, 6.45) is 3.36. The van der Waals surface area contributed by atoms with Crippen molar-refractivity contribution in [3.63, 3.8) is 0 Å². The highest BCUT2D eigenvalue weighted by Crippen LogP contribution is 2.18. The van der Waals surface area contributed by atoms with Crippen molar-refractivity contribution in [3.8, 4) is 0 Å². The topological polar surface area (TPSA) is 41.1 Å². The number of rotatable bonds is 4. The molecule has 1 fully saturated rings. The van der Waals surface area contributed by atoms with Crippen LogP contribution >= 0.6 is 11.5 Å². The Morgan fingerprint density at radius 3 is 2.69 bits per heavy atom. The number of aryl methyl sites for hydroxylation is 1. The molecular weight excluding hydrogens is 220 g/mol. The van der Waals surface area contributed by atoms with Crippen LogP contribution in [0.1, 0.15) is 32.5 Å². The summed E-state index contributed by atoms with van der Waals surface area (Å²) >= 11 is 1.49. The molecule has 0 atom stereocenters. The Morgan fingerprint density at radius 2 is 2.12 bits per heavy atom. The van der Waals surface area contributed by atoms with Gasteiger partial charge in [-0.2, -0.15) is 4.37 Å². The Bertz CT molecular complexity index is 318. The summed E-state index contributed by atoms with van der Waals surface area (Å²) in [6, 6.07) is 0.584. The molecule has 4 nitrogen and oxygen atoms in total. The van der Waals surface area contributed by atoms with Crippen LogP contribution < -0.4 is 5.32 Å². The summed E-state index contributed by atoms with van der Waals surface area (Å²) < 4.78 is 4.29. The monoisotopic (exact) mass is 240 g/mol. The molecule has 1 aliphatic heterocycles. The number of aromatic nitrogens is 2. The van der Waals surface area contributed by atoms with Crippen LogP contribution in [0.4, 0.5) is 5.13 Å². The molecule has 2 heterocycles. The predicted molar refractivity (Wildman–Crippen MR) is 68.0 cm³/mol. The van der Waals surface area contributed by atoms with E-state index in [1.165, 1.54) is 44.0 Å². The van der Waals surface area contributed by atoms with Crippen molar-refractivity contribution in [2.45, 2.75) is 39.2 Å². The van der Waals surface area contributed by atoms with Gasteiger partial charge in [0.2, 0.25) is 5.13 Å². The molecule has 2 rings (SSSR count). The second-order valence-electron chi connectivity index (χ2n) is 4.22. The highest BCUT2D eigenvalue weighted by Gasteiger charge is 2.18. The smallest absolute Gasteiger partial charge is 0.202 e. The number of likely N-dealkylation sites (tertiary alicyclic amines) is 1. The lowest BCUT2D eigenvalue weighted by Gasteiger charge is -2.31. The molecule has 1 aromatic rings. The minimum Gasteiger partial charge on any atom is -0.357 e. The van der Waals surface area contributed by atoms with Gasteiger partial charge < -0.3 is 10.2 Å². The molecular formula is C11H20N4S. The van der Waals surface area contributed by atoms with E-state index in [0.717, 1.165) is 17.4 Å². The standard InChI is InChI=1S/C11H20N4S/c1-3-10-13-11(16-14-10)12-9-5-7-15(4-2)8-6-9/h9H,3-8H2,1-2H3,(H,12,13,14). The summed E-state index contributed by atoms with van der Waals surface area (Å²) in [5.74, 6) is 0.957. The fourth-order valence-electron chi connectivity index (χ4n) is 2.02. The predicted octanol–water partition coefficient (Wildman–Crippen LogP) is 2.00. The van der Waals surface area contributed by atoms with E-state index in [4.69, 9.17) is 0 Å². The van der Waals surface area contributed by atoms with E-state index >= 15 is 0 Å². The summed E-state index contributed by atoms with van der Waals surface area (Å²) in [6.45, 7) is 7.89. The molecule has 0 radical (unpaired) electrons. The average Bonchev–Trinajstić information content (AvgIpc) is 2.78. The SMILES string of the molecule is CCc1nsc(NC2CCN(CC)CC2)n1. The number of hydrogen-bond donors (Lipinski definition) is 1. The maximum atomic E-state index is 4.44. The van der Waals surface area contributed by atoms with E-state index in [2.05, 4.69) is 33.4 Å². The van der Waals surface area contributed by atoms with Crippen molar-refractivity contribution in [2.24, 2.45) is 0 Å². The van der Waals surface area contributed by atoms with Gasteiger partial charge in [-0.1, -0.05) is 13.8 Å². The first-order valence-electron chi connectivity index (χ1n) is 6.13. The van der Waals surface area contributed by atoms with E-state index in [9.17, 15) is 0 Å². The molecule has 1 saturated heterocycles. The van der Waals surface area contributed by atoms with Crippen molar-refractivity contribution in [1.82, 2.24) is 14.3 Å². The minimum absolute atomic E-state index is 0.584. The van der Waals surface area contributed by atoms with Crippen LogP contribution in [0, 0.1) is 0 Å². The zero-order valence-corrected chi connectivity index (χ0v) is 10.9. The third kappa shape index (κ3) is 2.92. The van der Waals surface area contributed by atoms with Crippen molar-refractivity contribution in [3.05, 3.63) is 5.82 Å². The van der Waals surface area contributed by atoms with Gasteiger partial charge in [-0.3, -0.25) is 0 Å². The summed E-state index contributed by atoms with van der Waals surface area (Å²) in [5, 5.41) is 4.49. The lowest BCUT2D eigenvalue weighted by atomic mass is 10.1. The van der Waals surface area contributed by atoms with E-state index in [-0.39, 0.29) is 0 Å². The van der Waals surface area contributed by atoms with Crippen LogP contribution in [0.15, 0.2) is 0 Å². The van der Waals surface area contributed by atoms with Crippen molar-refractivity contribution in [1.29, 1.82) is 0 Å². The Morgan fingerprint density at radius 1 is 1.38 bits per heavy atom. The molecule has 0 unspecified atom stereocenters. The van der Waals surface area contributed by atoms with Crippen LogP contribution in [0.5, 0.6) is 0 Å². The summed E-state index contributed by atoms with van der Waals surface area (Å²) in [7, 11) is 0. The Kier molecular flexibility index (Phi) is 4.12. The first-order chi connectivity index (χ1) is 7.81. The number of nitrogens with one attached hydrogen (secondary N) is 1. The third-order valence-electron chi connectivity index (χ3n) is 3.15. The number of anilines is 1.